The first-order valence-electron chi connectivity index (χ1n) is 11.9. The number of carbonyl (C=O) groups excluding carboxylic acids is 3. The Kier molecular flexibility index (Phi) is 11.3. The molecule has 0 bridgehead atoms. The molecule has 0 aromatic heterocycles. The van der Waals surface area contributed by atoms with Crippen LogP contribution >= 0.6 is 24.8 Å². The number of phenolic OH excluding ortho intramolecular Hbond substituents is 2. The summed E-state index contributed by atoms with van der Waals surface area (Å²) in [6, 6.07) is 6.57. The maximum absolute atomic E-state index is 12.9. The van der Waals surface area contributed by atoms with E-state index in [1.54, 1.807) is 0 Å². The summed E-state index contributed by atoms with van der Waals surface area (Å²) >= 11 is 0. The zero-order valence-corrected chi connectivity index (χ0v) is 22.0. The number of hydrogen-bond acceptors (Lipinski definition) is 9. The number of aliphatic hydroxyl groups excluding tert-OH is 1. The Labute approximate surface area is 227 Å². The van der Waals surface area contributed by atoms with Crippen LogP contribution in [0.2, 0.25) is 0 Å². The SMILES string of the molecule is Cl.Cl.O=C(OCCCCCN1CCN(CCO)CC1)c1cc(O)c2c(c1)C(=O)c1cccc(O)c1C2=O. The van der Waals surface area contributed by atoms with Gasteiger partial charge >= 0.3 is 5.97 Å². The van der Waals surface area contributed by atoms with Crippen molar-refractivity contribution in [2.24, 2.45) is 0 Å². The number of nitrogens with zero attached hydrogens (tertiary/aromatic N) is 2. The van der Waals surface area contributed by atoms with Gasteiger partial charge in [-0.25, -0.2) is 4.79 Å². The van der Waals surface area contributed by atoms with Gasteiger partial charge in [0.1, 0.15) is 11.5 Å². The summed E-state index contributed by atoms with van der Waals surface area (Å²) in [6.07, 6.45) is 2.57. The predicted octanol–water partition coefficient (Wildman–Crippen LogP) is 2.65. The highest BCUT2D eigenvalue weighted by molar-refractivity contribution is 6.30. The summed E-state index contributed by atoms with van der Waals surface area (Å²) in [4.78, 5) is 42.9. The van der Waals surface area contributed by atoms with E-state index in [0.717, 1.165) is 58.2 Å². The summed E-state index contributed by atoms with van der Waals surface area (Å²) in [5.74, 6) is -2.73. The highest BCUT2D eigenvalue weighted by Crippen LogP contribution is 2.37. The number of phenols is 2. The molecule has 0 unspecified atom stereocenters. The van der Waals surface area contributed by atoms with E-state index in [1.807, 2.05) is 0 Å². The fourth-order valence-electron chi connectivity index (χ4n) is 4.64. The molecule has 3 N–H and O–H groups in total. The lowest BCUT2D eigenvalue weighted by Crippen LogP contribution is -2.47. The summed E-state index contributed by atoms with van der Waals surface area (Å²) in [6.45, 7) is 6.01. The molecule has 1 aliphatic heterocycles. The maximum Gasteiger partial charge on any atom is 0.338 e. The lowest BCUT2D eigenvalue weighted by atomic mass is 9.82. The minimum absolute atomic E-state index is 0. The van der Waals surface area contributed by atoms with Crippen LogP contribution in [0.4, 0.5) is 0 Å². The zero-order chi connectivity index (χ0) is 24.9. The van der Waals surface area contributed by atoms with Crippen LogP contribution in [0.5, 0.6) is 11.5 Å². The first kappa shape index (κ1) is 30.5. The number of ketones is 2. The van der Waals surface area contributed by atoms with Crippen molar-refractivity contribution in [2.75, 3.05) is 52.5 Å². The molecular formula is C26H32Cl2N2O7. The number of rotatable bonds is 9. The minimum Gasteiger partial charge on any atom is -0.507 e. The number of esters is 1. The van der Waals surface area contributed by atoms with Gasteiger partial charge in [-0.3, -0.25) is 14.5 Å². The van der Waals surface area contributed by atoms with Crippen LogP contribution in [-0.2, 0) is 4.74 Å². The van der Waals surface area contributed by atoms with Gasteiger partial charge in [-0.2, -0.15) is 0 Å². The van der Waals surface area contributed by atoms with Crippen molar-refractivity contribution in [3.05, 3.63) is 58.1 Å². The van der Waals surface area contributed by atoms with Crippen molar-refractivity contribution in [1.82, 2.24) is 9.80 Å². The van der Waals surface area contributed by atoms with Crippen molar-refractivity contribution in [2.45, 2.75) is 19.3 Å². The number of hydrogen-bond donors (Lipinski definition) is 3. The summed E-state index contributed by atoms with van der Waals surface area (Å²) in [7, 11) is 0. The molecule has 0 amide bonds. The van der Waals surface area contributed by atoms with E-state index in [2.05, 4.69) is 9.80 Å². The van der Waals surface area contributed by atoms with Crippen LogP contribution in [0.3, 0.4) is 0 Å². The smallest absolute Gasteiger partial charge is 0.338 e. The second-order valence-electron chi connectivity index (χ2n) is 8.88. The van der Waals surface area contributed by atoms with Gasteiger partial charge in [0.15, 0.2) is 5.78 Å². The Morgan fingerprint density at radius 1 is 0.811 bits per heavy atom. The number of carbonyl (C=O) groups is 3. The fraction of sp³-hybridized carbons (Fsp3) is 0.423. The second-order valence-corrected chi connectivity index (χ2v) is 8.88. The van der Waals surface area contributed by atoms with Crippen molar-refractivity contribution < 1.29 is 34.4 Å². The molecule has 0 radical (unpaired) electrons. The lowest BCUT2D eigenvalue weighted by molar-refractivity contribution is 0.0495. The molecule has 4 rings (SSSR count). The quantitative estimate of drug-likeness (QED) is 0.270. The van der Waals surface area contributed by atoms with Gasteiger partial charge in [0.2, 0.25) is 5.78 Å². The molecule has 2 aromatic carbocycles. The Balaban J connectivity index is 0.00000241. The second kappa shape index (κ2) is 13.7. The monoisotopic (exact) mass is 554 g/mol. The van der Waals surface area contributed by atoms with Crippen molar-refractivity contribution in [3.63, 3.8) is 0 Å². The number of benzene rings is 2. The summed E-state index contributed by atoms with van der Waals surface area (Å²) in [5, 5.41) is 29.5. The number of unbranched alkanes of at least 4 members (excludes halogenated alkanes) is 2. The average Bonchev–Trinajstić information content (AvgIpc) is 2.85. The third kappa shape index (κ3) is 6.80. The van der Waals surface area contributed by atoms with Gasteiger partial charge in [-0.05, 0) is 44.0 Å². The number of fused-ring (bicyclic) bond motifs is 2. The van der Waals surface area contributed by atoms with Gasteiger partial charge in [-0.1, -0.05) is 12.1 Å². The number of aromatic hydroxyl groups is 2. The lowest BCUT2D eigenvalue weighted by Gasteiger charge is -2.34. The molecule has 0 saturated carbocycles. The number of ether oxygens (including phenoxy) is 1. The minimum atomic E-state index is -0.676. The van der Waals surface area contributed by atoms with Gasteiger partial charge < -0.3 is 25.0 Å². The number of aliphatic hydroxyl groups is 1. The van der Waals surface area contributed by atoms with Gasteiger partial charge in [0.05, 0.1) is 29.9 Å². The average molecular weight is 555 g/mol. The van der Waals surface area contributed by atoms with E-state index in [-0.39, 0.29) is 71.6 Å². The van der Waals surface area contributed by atoms with Crippen LogP contribution < -0.4 is 0 Å². The van der Waals surface area contributed by atoms with E-state index in [0.29, 0.717) is 6.42 Å². The first-order chi connectivity index (χ1) is 16.9. The largest absolute Gasteiger partial charge is 0.507 e. The van der Waals surface area contributed by atoms with Crippen molar-refractivity contribution >= 4 is 42.3 Å². The van der Waals surface area contributed by atoms with Crippen LogP contribution in [-0.4, -0.2) is 95.1 Å². The van der Waals surface area contributed by atoms with Crippen LogP contribution in [0, 0.1) is 0 Å². The van der Waals surface area contributed by atoms with E-state index >= 15 is 0 Å². The standard InChI is InChI=1S/C26H30N2O7.2ClH/c29-13-12-28-10-8-27(9-11-28)7-2-1-3-14-35-26(34)17-15-19-23(21(31)16-17)25(33)22-18(24(19)32)5-4-6-20(22)30;;/h4-6,15-16,29-31H,1-3,7-14H2;2*1H. The molecule has 1 fully saturated rings. The van der Waals surface area contributed by atoms with Gasteiger partial charge in [-0.15, -0.1) is 24.8 Å². The first-order valence-corrected chi connectivity index (χ1v) is 11.9. The number of piperazine rings is 1. The molecular weight excluding hydrogens is 523 g/mol. The number of β-amino-alcohol motifs (C(OH)–C–C–N with tert-alkyl or cyclic N) is 1. The van der Waals surface area contributed by atoms with Crippen LogP contribution in [0.25, 0.3) is 0 Å². The Morgan fingerprint density at radius 3 is 2.14 bits per heavy atom. The zero-order valence-electron chi connectivity index (χ0n) is 20.4. The molecule has 202 valence electrons. The van der Waals surface area contributed by atoms with Crippen molar-refractivity contribution in [1.29, 1.82) is 0 Å². The third-order valence-electron chi connectivity index (χ3n) is 6.57. The maximum atomic E-state index is 12.9. The molecule has 0 spiro atoms. The van der Waals surface area contributed by atoms with Gasteiger partial charge in [0, 0.05) is 43.9 Å². The third-order valence-corrected chi connectivity index (χ3v) is 6.57. The highest BCUT2D eigenvalue weighted by Gasteiger charge is 2.35. The fourth-order valence-corrected chi connectivity index (χ4v) is 4.64. The molecule has 2 aliphatic rings. The molecule has 9 nitrogen and oxygen atoms in total. The summed E-state index contributed by atoms with van der Waals surface area (Å²) < 4.78 is 5.33. The number of halogens is 2. The normalized spacial score (nSPS) is 15.3. The molecule has 1 heterocycles. The topological polar surface area (TPSA) is 128 Å². The predicted molar refractivity (Wildman–Crippen MR) is 142 cm³/mol. The molecule has 11 heteroatoms. The molecule has 1 aliphatic carbocycles. The van der Waals surface area contributed by atoms with Crippen molar-refractivity contribution in [3.8, 4) is 11.5 Å². The highest BCUT2D eigenvalue weighted by atomic mass is 35.5. The van der Waals surface area contributed by atoms with Crippen LogP contribution in [0.1, 0.15) is 61.5 Å². The Morgan fingerprint density at radius 2 is 1.46 bits per heavy atom. The molecule has 1 saturated heterocycles. The van der Waals surface area contributed by atoms with E-state index in [9.17, 15) is 24.6 Å². The van der Waals surface area contributed by atoms with E-state index in [1.165, 1.54) is 24.3 Å². The Bertz CT molecular complexity index is 1130. The Hall–Kier alpha value is -2.69. The van der Waals surface area contributed by atoms with Gasteiger partial charge in [0.25, 0.3) is 0 Å². The molecule has 37 heavy (non-hydrogen) atoms. The van der Waals surface area contributed by atoms with Crippen LogP contribution in [0.15, 0.2) is 30.3 Å². The summed E-state index contributed by atoms with van der Waals surface area (Å²) in [5.41, 5.74) is -0.437. The molecule has 2 aromatic rings. The molecule has 0 atom stereocenters. The van der Waals surface area contributed by atoms with E-state index in [4.69, 9.17) is 9.84 Å². The van der Waals surface area contributed by atoms with E-state index < -0.39 is 23.3 Å².